The molecule has 0 spiro atoms. The summed E-state index contributed by atoms with van der Waals surface area (Å²) in [5, 5.41) is 0. The van der Waals surface area contributed by atoms with E-state index >= 15 is 0 Å². The second-order valence-corrected chi connectivity index (χ2v) is 4.96. The molecule has 0 fully saturated rings. The van der Waals surface area contributed by atoms with Crippen molar-refractivity contribution in [2.45, 2.75) is 26.7 Å². The fourth-order valence-corrected chi connectivity index (χ4v) is 2.04. The number of carbonyl (C=O) groups is 1. The standard InChI is InChI=1S/C16H17NO2/c1-10(2)13-9-11(3)14(16(19)17-13)15(18)12-7-5-4-6-8-12/h4-10H,1-3H3,(H,17,19). The molecule has 0 saturated carbocycles. The van der Waals surface area contributed by atoms with E-state index in [2.05, 4.69) is 4.98 Å². The minimum atomic E-state index is -0.308. The van der Waals surface area contributed by atoms with Gasteiger partial charge in [0.25, 0.3) is 5.56 Å². The largest absolute Gasteiger partial charge is 0.325 e. The Labute approximate surface area is 112 Å². The van der Waals surface area contributed by atoms with E-state index in [0.29, 0.717) is 5.56 Å². The normalized spacial score (nSPS) is 10.7. The van der Waals surface area contributed by atoms with Crippen LogP contribution in [0.2, 0.25) is 0 Å². The topological polar surface area (TPSA) is 49.9 Å². The summed E-state index contributed by atoms with van der Waals surface area (Å²) < 4.78 is 0. The Hall–Kier alpha value is -2.16. The van der Waals surface area contributed by atoms with Crippen molar-refractivity contribution >= 4 is 5.78 Å². The van der Waals surface area contributed by atoms with Gasteiger partial charge in [-0.3, -0.25) is 9.59 Å². The van der Waals surface area contributed by atoms with Crippen LogP contribution in [0.5, 0.6) is 0 Å². The molecule has 0 aliphatic rings. The molecule has 1 aromatic carbocycles. The average molecular weight is 255 g/mol. The number of aryl methyl sites for hydroxylation is 1. The molecule has 98 valence electrons. The van der Waals surface area contributed by atoms with Gasteiger partial charge in [0.2, 0.25) is 0 Å². The molecule has 2 aromatic rings. The fourth-order valence-electron chi connectivity index (χ4n) is 2.04. The Balaban J connectivity index is 2.53. The van der Waals surface area contributed by atoms with E-state index in [-0.39, 0.29) is 22.8 Å². The SMILES string of the molecule is Cc1cc(C(C)C)[nH]c(=O)c1C(=O)c1ccccc1. The lowest BCUT2D eigenvalue weighted by molar-refractivity contribution is 0.103. The van der Waals surface area contributed by atoms with Gasteiger partial charge in [0.15, 0.2) is 5.78 Å². The van der Waals surface area contributed by atoms with Crippen LogP contribution in [0, 0.1) is 6.92 Å². The van der Waals surface area contributed by atoms with E-state index < -0.39 is 0 Å². The van der Waals surface area contributed by atoms with Crippen molar-refractivity contribution in [1.29, 1.82) is 0 Å². The highest BCUT2D eigenvalue weighted by Gasteiger charge is 2.17. The number of hydrogen-bond acceptors (Lipinski definition) is 2. The summed E-state index contributed by atoms with van der Waals surface area (Å²) in [4.78, 5) is 27.2. The van der Waals surface area contributed by atoms with E-state index in [9.17, 15) is 9.59 Å². The van der Waals surface area contributed by atoms with Gasteiger partial charge in [0.05, 0.1) is 5.56 Å². The lowest BCUT2D eigenvalue weighted by Gasteiger charge is -2.09. The molecular formula is C16H17NO2. The van der Waals surface area contributed by atoms with Crippen LogP contribution in [0.1, 0.15) is 46.9 Å². The Morgan fingerprint density at radius 2 is 1.79 bits per heavy atom. The molecule has 1 N–H and O–H groups in total. The van der Waals surface area contributed by atoms with E-state index in [1.165, 1.54) is 0 Å². The quantitative estimate of drug-likeness (QED) is 0.857. The second kappa shape index (κ2) is 5.22. The number of pyridine rings is 1. The summed E-state index contributed by atoms with van der Waals surface area (Å²) >= 11 is 0. The average Bonchev–Trinajstić information content (AvgIpc) is 2.38. The molecule has 0 atom stereocenters. The van der Waals surface area contributed by atoms with Crippen molar-refractivity contribution in [1.82, 2.24) is 4.98 Å². The molecule has 0 aliphatic heterocycles. The zero-order valence-electron chi connectivity index (χ0n) is 11.4. The van der Waals surface area contributed by atoms with Crippen LogP contribution in [-0.2, 0) is 0 Å². The molecule has 0 aliphatic carbocycles. The van der Waals surface area contributed by atoms with Crippen LogP contribution >= 0.6 is 0 Å². The maximum Gasteiger partial charge on any atom is 0.259 e. The van der Waals surface area contributed by atoms with Crippen LogP contribution in [-0.4, -0.2) is 10.8 Å². The van der Waals surface area contributed by atoms with Gasteiger partial charge in [0.1, 0.15) is 0 Å². The number of H-pyrrole nitrogens is 1. The number of benzene rings is 1. The van der Waals surface area contributed by atoms with E-state index in [1.54, 1.807) is 31.2 Å². The molecule has 19 heavy (non-hydrogen) atoms. The minimum Gasteiger partial charge on any atom is -0.325 e. The first-order valence-electron chi connectivity index (χ1n) is 6.34. The van der Waals surface area contributed by atoms with E-state index in [0.717, 1.165) is 11.3 Å². The number of aromatic amines is 1. The van der Waals surface area contributed by atoms with Gasteiger partial charge in [-0.1, -0.05) is 44.2 Å². The molecule has 0 radical (unpaired) electrons. The highest BCUT2D eigenvalue weighted by Crippen LogP contribution is 2.15. The summed E-state index contributed by atoms with van der Waals surface area (Å²) in [6.07, 6.45) is 0. The summed E-state index contributed by atoms with van der Waals surface area (Å²) in [6, 6.07) is 10.7. The number of nitrogens with one attached hydrogen (secondary N) is 1. The first-order chi connectivity index (χ1) is 9.00. The Bertz CT molecular complexity index is 654. The number of rotatable bonds is 3. The lowest BCUT2D eigenvalue weighted by Crippen LogP contribution is -2.22. The molecule has 0 bridgehead atoms. The Morgan fingerprint density at radius 3 is 2.32 bits per heavy atom. The van der Waals surface area contributed by atoms with E-state index in [4.69, 9.17) is 0 Å². The molecule has 2 rings (SSSR count). The predicted molar refractivity (Wildman–Crippen MR) is 75.8 cm³/mol. The third-order valence-corrected chi connectivity index (χ3v) is 3.14. The Morgan fingerprint density at radius 1 is 1.16 bits per heavy atom. The number of carbonyl (C=O) groups excluding carboxylic acids is 1. The van der Waals surface area contributed by atoms with Crippen molar-refractivity contribution in [3.05, 3.63) is 69.1 Å². The highest BCUT2D eigenvalue weighted by atomic mass is 16.1. The molecule has 1 heterocycles. The molecule has 0 amide bonds. The van der Waals surface area contributed by atoms with Crippen molar-refractivity contribution in [3.8, 4) is 0 Å². The third kappa shape index (κ3) is 2.65. The van der Waals surface area contributed by atoms with Crippen LogP contribution in [0.25, 0.3) is 0 Å². The summed E-state index contributed by atoms with van der Waals surface area (Å²) in [6.45, 7) is 5.81. The van der Waals surface area contributed by atoms with Gasteiger partial charge >= 0.3 is 0 Å². The minimum absolute atomic E-state index is 0.227. The monoisotopic (exact) mass is 255 g/mol. The maximum absolute atomic E-state index is 12.3. The molecule has 0 saturated heterocycles. The van der Waals surface area contributed by atoms with Gasteiger partial charge in [0, 0.05) is 11.3 Å². The van der Waals surface area contributed by atoms with Gasteiger partial charge < -0.3 is 4.98 Å². The molecule has 3 nitrogen and oxygen atoms in total. The van der Waals surface area contributed by atoms with Gasteiger partial charge in [-0.2, -0.15) is 0 Å². The number of ketones is 1. The molecule has 0 unspecified atom stereocenters. The van der Waals surface area contributed by atoms with Crippen LogP contribution in [0.4, 0.5) is 0 Å². The highest BCUT2D eigenvalue weighted by molar-refractivity contribution is 6.09. The molecular weight excluding hydrogens is 238 g/mol. The second-order valence-electron chi connectivity index (χ2n) is 4.96. The summed E-state index contributed by atoms with van der Waals surface area (Å²) in [5.41, 5.74) is 2.04. The van der Waals surface area contributed by atoms with Crippen molar-refractivity contribution in [2.24, 2.45) is 0 Å². The molecule has 3 heteroatoms. The van der Waals surface area contributed by atoms with Gasteiger partial charge in [-0.15, -0.1) is 0 Å². The van der Waals surface area contributed by atoms with Crippen LogP contribution in [0.3, 0.4) is 0 Å². The molecule has 1 aromatic heterocycles. The summed E-state index contributed by atoms with van der Waals surface area (Å²) in [5.74, 6) is 0.00179. The van der Waals surface area contributed by atoms with E-state index in [1.807, 2.05) is 26.0 Å². The third-order valence-electron chi connectivity index (χ3n) is 3.14. The zero-order chi connectivity index (χ0) is 14.0. The number of hydrogen-bond donors (Lipinski definition) is 1. The number of aromatic nitrogens is 1. The van der Waals surface area contributed by atoms with Gasteiger partial charge in [-0.05, 0) is 24.5 Å². The first-order valence-corrected chi connectivity index (χ1v) is 6.34. The fraction of sp³-hybridized carbons (Fsp3) is 0.250. The van der Waals surface area contributed by atoms with Crippen molar-refractivity contribution in [3.63, 3.8) is 0 Å². The van der Waals surface area contributed by atoms with Gasteiger partial charge in [-0.25, -0.2) is 0 Å². The zero-order valence-corrected chi connectivity index (χ0v) is 11.4. The first kappa shape index (κ1) is 13.3. The Kier molecular flexibility index (Phi) is 3.65. The summed E-state index contributed by atoms with van der Waals surface area (Å²) in [7, 11) is 0. The van der Waals surface area contributed by atoms with Crippen molar-refractivity contribution < 1.29 is 4.79 Å². The van der Waals surface area contributed by atoms with Crippen molar-refractivity contribution in [2.75, 3.05) is 0 Å². The van der Waals surface area contributed by atoms with Crippen LogP contribution < -0.4 is 5.56 Å². The lowest BCUT2D eigenvalue weighted by atomic mass is 9.98. The smallest absolute Gasteiger partial charge is 0.259 e. The maximum atomic E-state index is 12.3. The van der Waals surface area contributed by atoms with Crippen LogP contribution in [0.15, 0.2) is 41.2 Å². The predicted octanol–water partition coefficient (Wildman–Crippen LogP) is 3.04.